The largest absolute Gasteiger partial charge is 0.508 e. The van der Waals surface area contributed by atoms with Crippen LogP contribution in [0, 0.1) is 0 Å². The van der Waals surface area contributed by atoms with E-state index in [0.717, 1.165) is 24.0 Å². The molecule has 1 N–H and O–H groups in total. The molecular formula is C15H16O. The van der Waals surface area contributed by atoms with Crippen molar-refractivity contribution in [2.75, 3.05) is 0 Å². The zero-order valence-corrected chi connectivity index (χ0v) is 9.48. The standard InChI is InChI=1S/C15H16O/c1-2-6-12-9-14(11-15(16)10-12)13-7-4-3-5-8-13/h3-5,7-11,16H,2,6H2,1H3. The molecule has 0 spiro atoms. The Bertz CT molecular complexity index is 460. The number of aryl methyl sites for hydroxylation is 1. The van der Waals surface area contributed by atoms with Gasteiger partial charge in [0.05, 0.1) is 0 Å². The topological polar surface area (TPSA) is 20.2 Å². The van der Waals surface area contributed by atoms with Crippen LogP contribution in [0.25, 0.3) is 11.1 Å². The van der Waals surface area contributed by atoms with Gasteiger partial charge in [0.25, 0.3) is 0 Å². The molecule has 0 aliphatic rings. The molecule has 2 aromatic carbocycles. The molecule has 0 saturated heterocycles. The molecule has 82 valence electrons. The van der Waals surface area contributed by atoms with Crippen LogP contribution in [0.2, 0.25) is 0 Å². The van der Waals surface area contributed by atoms with Gasteiger partial charge in [0.2, 0.25) is 0 Å². The van der Waals surface area contributed by atoms with E-state index in [1.54, 1.807) is 0 Å². The minimum atomic E-state index is 0.352. The molecule has 1 heteroatoms. The number of hydrogen-bond acceptors (Lipinski definition) is 1. The van der Waals surface area contributed by atoms with Gasteiger partial charge < -0.3 is 5.11 Å². The summed E-state index contributed by atoms with van der Waals surface area (Å²) >= 11 is 0. The van der Waals surface area contributed by atoms with Crippen molar-refractivity contribution in [3.05, 3.63) is 54.1 Å². The van der Waals surface area contributed by atoms with Gasteiger partial charge in [-0.2, -0.15) is 0 Å². The molecule has 2 aromatic rings. The maximum absolute atomic E-state index is 9.68. The highest BCUT2D eigenvalue weighted by Gasteiger charge is 2.01. The molecule has 0 radical (unpaired) electrons. The number of phenols is 1. The van der Waals surface area contributed by atoms with Crippen molar-refractivity contribution < 1.29 is 5.11 Å². The summed E-state index contributed by atoms with van der Waals surface area (Å²) in [5.41, 5.74) is 3.43. The minimum Gasteiger partial charge on any atom is -0.508 e. The van der Waals surface area contributed by atoms with Gasteiger partial charge in [0.1, 0.15) is 5.75 Å². The lowest BCUT2D eigenvalue weighted by Crippen LogP contribution is -1.85. The van der Waals surface area contributed by atoms with E-state index in [4.69, 9.17) is 0 Å². The van der Waals surface area contributed by atoms with Gasteiger partial charge in [0, 0.05) is 0 Å². The molecule has 0 amide bonds. The minimum absolute atomic E-state index is 0.352. The maximum atomic E-state index is 9.68. The average Bonchev–Trinajstić information content (AvgIpc) is 2.30. The first-order valence-electron chi connectivity index (χ1n) is 5.68. The van der Waals surface area contributed by atoms with Gasteiger partial charge in [-0.05, 0) is 35.2 Å². The highest BCUT2D eigenvalue weighted by molar-refractivity contribution is 5.65. The fourth-order valence-corrected chi connectivity index (χ4v) is 1.90. The molecule has 0 aromatic heterocycles. The molecule has 0 atom stereocenters. The summed E-state index contributed by atoms with van der Waals surface area (Å²) in [6, 6.07) is 16.0. The first-order chi connectivity index (χ1) is 7.79. The second kappa shape index (κ2) is 4.84. The van der Waals surface area contributed by atoms with Crippen LogP contribution in [-0.2, 0) is 6.42 Å². The van der Waals surface area contributed by atoms with Crippen LogP contribution in [-0.4, -0.2) is 5.11 Å². The van der Waals surface area contributed by atoms with Crippen LogP contribution >= 0.6 is 0 Å². The van der Waals surface area contributed by atoms with Crippen molar-refractivity contribution in [2.45, 2.75) is 19.8 Å². The lowest BCUT2D eigenvalue weighted by molar-refractivity contribution is 0.474. The Balaban J connectivity index is 2.41. The molecule has 0 heterocycles. The molecule has 0 aliphatic heterocycles. The maximum Gasteiger partial charge on any atom is 0.116 e. The predicted molar refractivity (Wildman–Crippen MR) is 67.5 cm³/mol. The highest BCUT2D eigenvalue weighted by atomic mass is 16.3. The Morgan fingerprint density at radius 1 is 0.938 bits per heavy atom. The molecule has 0 saturated carbocycles. The Labute approximate surface area is 96.4 Å². The van der Waals surface area contributed by atoms with E-state index < -0.39 is 0 Å². The Morgan fingerprint density at radius 2 is 1.69 bits per heavy atom. The Kier molecular flexibility index (Phi) is 3.25. The van der Waals surface area contributed by atoms with E-state index in [-0.39, 0.29) is 0 Å². The molecule has 0 fully saturated rings. The van der Waals surface area contributed by atoms with Crippen molar-refractivity contribution in [3.8, 4) is 16.9 Å². The lowest BCUT2D eigenvalue weighted by Gasteiger charge is -2.06. The van der Waals surface area contributed by atoms with Gasteiger partial charge in [-0.1, -0.05) is 49.7 Å². The van der Waals surface area contributed by atoms with Gasteiger partial charge in [0.15, 0.2) is 0 Å². The quantitative estimate of drug-likeness (QED) is 0.815. The van der Waals surface area contributed by atoms with E-state index in [2.05, 4.69) is 25.1 Å². The first-order valence-corrected chi connectivity index (χ1v) is 5.68. The van der Waals surface area contributed by atoms with Gasteiger partial charge >= 0.3 is 0 Å². The Morgan fingerprint density at radius 3 is 2.38 bits per heavy atom. The van der Waals surface area contributed by atoms with Crippen LogP contribution in [0.4, 0.5) is 0 Å². The molecule has 16 heavy (non-hydrogen) atoms. The van der Waals surface area contributed by atoms with E-state index in [1.807, 2.05) is 30.3 Å². The number of aromatic hydroxyl groups is 1. The van der Waals surface area contributed by atoms with Crippen LogP contribution < -0.4 is 0 Å². The van der Waals surface area contributed by atoms with Crippen LogP contribution in [0.15, 0.2) is 48.5 Å². The number of rotatable bonds is 3. The third kappa shape index (κ3) is 2.43. The first kappa shape index (κ1) is 10.7. The molecule has 0 aliphatic carbocycles. The zero-order chi connectivity index (χ0) is 11.4. The van der Waals surface area contributed by atoms with Gasteiger partial charge in [-0.15, -0.1) is 0 Å². The van der Waals surface area contributed by atoms with Crippen LogP contribution in [0.5, 0.6) is 5.75 Å². The smallest absolute Gasteiger partial charge is 0.116 e. The fourth-order valence-electron chi connectivity index (χ4n) is 1.90. The molecule has 0 bridgehead atoms. The number of benzene rings is 2. The second-order valence-electron chi connectivity index (χ2n) is 4.00. The van der Waals surface area contributed by atoms with Crippen molar-refractivity contribution in [1.82, 2.24) is 0 Å². The highest BCUT2D eigenvalue weighted by Crippen LogP contribution is 2.25. The molecule has 2 rings (SSSR count). The van der Waals surface area contributed by atoms with Gasteiger partial charge in [-0.3, -0.25) is 0 Å². The predicted octanol–water partition coefficient (Wildman–Crippen LogP) is 4.01. The third-order valence-corrected chi connectivity index (χ3v) is 2.62. The summed E-state index contributed by atoms with van der Waals surface area (Å²) < 4.78 is 0. The van der Waals surface area contributed by atoms with Crippen molar-refractivity contribution in [3.63, 3.8) is 0 Å². The normalized spacial score (nSPS) is 10.3. The summed E-state index contributed by atoms with van der Waals surface area (Å²) in [6.45, 7) is 2.15. The van der Waals surface area contributed by atoms with Gasteiger partial charge in [-0.25, -0.2) is 0 Å². The Hall–Kier alpha value is -1.76. The summed E-state index contributed by atoms with van der Waals surface area (Å²) in [5, 5.41) is 9.68. The molecular weight excluding hydrogens is 196 g/mol. The van der Waals surface area contributed by atoms with E-state index >= 15 is 0 Å². The monoisotopic (exact) mass is 212 g/mol. The summed E-state index contributed by atoms with van der Waals surface area (Å²) in [7, 11) is 0. The SMILES string of the molecule is CCCc1cc(O)cc(-c2ccccc2)c1. The van der Waals surface area contributed by atoms with Crippen molar-refractivity contribution in [1.29, 1.82) is 0 Å². The lowest BCUT2D eigenvalue weighted by atomic mass is 10.0. The second-order valence-corrected chi connectivity index (χ2v) is 4.00. The summed E-state index contributed by atoms with van der Waals surface area (Å²) in [6.07, 6.45) is 2.10. The molecule has 0 unspecified atom stereocenters. The average molecular weight is 212 g/mol. The van der Waals surface area contributed by atoms with E-state index in [0.29, 0.717) is 5.75 Å². The molecule has 1 nitrogen and oxygen atoms in total. The van der Waals surface area contributed by atoms with E-state index in [1.165, 1.54) is 5.56 Å². The summed E-state index contributed by atoms with van der Waals surface area (Å²) in [5.74, 6) is 0.352. The fraction of sp³-hybridized carbons (Fsp3) is 0.200. The van der Waals surface area contributed by atoms with E-state index in [9.17, 15) is 5.11 Å². The van der Waals surface area contributed by atoms with Crippen molar-refractivity contribution in [2.24, 2.45) is 0 Å². The zero-order valence-electron chi connectivity index (χ0n) is 9.48. The van der Waals surface area contributed by atoms with Crippen LogP contribution in [0.3, 0.4) is 0 Å². The number of phenolic OH excluding ortho intramolecular Hbond substituents is 1. The van der Waals surface area contributed by atoms with Crippen LogP contribution in [0.1, 0.15) is 18.9 Å². The third-order valence-electron chi connectivity index (χ3n) is 2.62. The summed E-state index contributed by atoms with van der Waals surface area (Å²) in [4.78, 5) is 0. The van der Waals surface area contributed by atoms with Crippen molar-refractivity contribution >= 4 is 0 Å². The number of hydrogen-bond donors (Lipinski definition) is 1.